The van der Waals surface area contributed by atoms with Crippen LogP contribution < -0.4 is 0 Å². The molecule has 0 bridgehead atoms. The van der Waals surface area contributed by atoms with Crippen LogP contribution in [0.4, 0.5) is 0 Å². The van der Waals surface area contributed by atoms with Gasteiger partial charge in [0.25, 0.3) is 0 Å². The summed E-state index contributed by atoms with van der Waals surface area (Å²) in [4.78, 5) is 0. The SMILES string of the molecule is CCC(C)(C(C)O)C(C)O.CCC(CO)CC(C)CO. The maximum Gasteiger partial charge on any atom is 0.0590 e. The van der Waals surface area contributed by atoms with Crippen LogP contribution in [0, 0.1) is 17.3 Å². The Morgan fingerprint density at radius 1 is 0.900 bits per heavy atom. The van der Waals surface area contributed by atoms with Crippen LogP contribution in [0.15, 0.2) is 0 Å². The zero-order valence-corrected chi connectivity index (χ0v) is 14.1. The summed E-state index contributed by atoms with van der Waals surface area (Å²) in [6.45, 7) is 11.8. The molecule has 0 amide bonds. The lowest BCUT2D eigenvalue weighted by Crippen LogP contribution is -2.39. The molecule has 0 aliphatic rings. The van der Waals surface area contributed by atoms with Gasteiger partial charge in [-0.15, -0.1) is 0 Å². The summed E-state index contributed by atoms with van der Waals surface area (Å²) in [5, 5.41) is 36.0. The minimum atomic E-state index is -0.447. The van der Waals surface area contributed by atoms with E-state index < -0.39 is 12.2 Å². The van der Waals surface area contributed by atoms with Crippen molar-refractivity contribution in [3.63, 3.8) is 0 Å². The van der Waals surface area contributed by atoms with E-state index in [-0.39, 0.29) is 18.6 Å². The molecule has 0 aliphatic heterocycles. The Labute approximate surface area is 124 Å². The molecule has 0 radical (unpaired) electrons. The molecule has 0 fully saturated rings. The largest absolute Gasteiger partial charge is 0.396 e. The van der Waals surface area contributed by atoms with Crippen LogP contribution >= 0.6 is 0 Å². The zero-order chi connectivity index (χ0) is 16.3. The zero-order valence-electron chi connectivity index (χ0n) is 14.1. The molecule has 4 unspecified atom stereocenters. The Hall–Kier alpha value is -0.160. The van der Waals surface area contributed by atoms with Crippen molar-refractivity contribution in [1.29, 1.82) is 0 Å². The van der Waals surface area contributed by atoms with Crippen molar-refractivity contribution in [2.45, 2.75) is 73.0 Å². The van der Waals surface area contributed by atoms with E-state index in [4.69, 9.17) is 10.2 Å². The average Bonchev–Trinajstić information content (AvgIpc) is 2.43. The van der Waals surface area contributed by atoms with Gasteiger partial charge in [0.1, 0.15) is 0 Å². The van der Waals surface area contributed by atoms with Gasteiger partial charge in [-0.25, -0.2) is 0 Å². The van der Waals surface area contributed by atoms with Crippen LogP contribution in [-0.4, -0.2) is 45.8 Å². The molecule has 0 aliphatic carbocycles. The van der Waals surface area contributed by atoms with Gasteiger partial charge in [0.15, 0.2) is 0 Å². The van der Waals surface area contributed by atoms with E-state index in [1.54, 1.807) is 13.8 Å². The van der Waals surface area contributed by atoms with Crippen molar-refractivity contribution in [3.8, 4) is 0 Å². The van der Waals surface area contributed by atoms with E-state index in [1.807, 2.05) is 20.8 Å². The number of hydrogen-bond donors (Lipinski definition) is 4. The highest BCUT2D eigenvalue weighted by Crippen LogP contribution is 2.29. The standard InChI is InChI=1S/2C8H18O2/c1-5-8(4,6(2)9)7(3)10;1-3-8(6-10)4-7(2)5-9/h6-7,9-10H,5H2,1-4H3;7-10H,3-6H2,1-2H3. The van der Waals surface area contributed by atoms with Gasteiger partial charge < -0.3 is 20.4 Å². The van der Waals surface area contributed by atoms with E-state index in [0.29, 0.717) is 11.8 Å². The van der Waals surface area contributed by atoms with Gasteiger partial charge in [0.2, 0.25) is 0 Å². The lowest BCUT2D eigenvalue weighted by atomic mass is 9.78. The maximum absolute atomic E-state index is 9.28. The number of rotatable bonds is 8. The summed E-state index contributed by atoms with van der Waals surface area (Å²) in [5.41, 5.74) is -0.347. The van der Waals surface area contributed by atoms with E-state index in [0.717, 1.165) is 19.3 Å². The quantitative estimate of drug-likeness (QED) is 0.553. The first-order valence-corrected chi connectivity index (χ1v) is 7.77. The first kappa shape index (κ1) is 22.1. The van der Waals surface area contributed by atoms with Crippen LogP contribution in [-0.2, 0) is 0 Å². The highest BCUT2D eigenvalue weighted by atomic mass is 16.3. The molecule has 0 aromatic carbocycles. The first-order valence-electron chi connectivity index (χ1n) is 7.77. The highest BCUT2D eigenvalue weighted by Gasteiger charge is 2.32. The molecule has 0 aromatic heterocycles. The monoisotopic (exact) mass is 292 g/mol. The van der Waals surface area contributed by atoms with Crippen molar-refractivity contribution in [2.75, 3.05) is 13.2 Å². The van der Waals surface area contributed by atoms with Crippen LogP contribution in [0.2, 0.25) is 0 Å². The molecular formula is C16H36O4. The summed E-state index contributed by atoms with van der Waals surface area (Å²) >= 11 is 0. The molecule has 0 saturated heterocycles. The Balaban J connectivity index is 0. The fourth-order valence-electron chi connectivity index (χ4n) is 1.95. The van der Waals surface area contributed by atoms with Crippen molar-refractivity contribution >= 4 is 0 Å². The van der Waals surface area contributed by atoms with Crippen LogP contribution in [0.5, 0.6) is 0 Å². The lowest BCUT2D eigenvalue weighted by molar-refractivity contribution is -0.0439. The Kier molecular flexibility index (Phi) is 12.7. The van der Waals surface area contributed by atoms with Gasteiger partial charge in [-0.05, 0) is 38.5 Å². The third-order valence-electron chi connectivity index (χ3n) is 4.55. The summed E-state index contributed by atoms with van der Waals surface area (Å²) in [5.74, 6) is 0.708. The van der Waals surface area contributed by atoms with Crippen molar-refractivity contribution < 1.29 is 20.4 Å². The second kappa shape index (κ2) is 11.5. The average molecular weight is 292 g/mol. The molecule has 0 rings (SSSR count). The van der Waals surface area contributed by atoms with Crippen molar-refractivity contribution in [1.82, 2.24) is 0 Å². The molecule has 4 N–H and O–H groups in total. The molecule has 4 atom stereocenters. The predicted molar refractivity (Wildman–Crippen MR) is 83.5 cm³/mol. The van der Waals surface area contributed by atoms with Crippen LogP contribution in [0.1, 0.15) is 60.8 Å². The molecule has 0 spiro atoms. The molecule has 124 valence electrons. The third kappa shape index (κ3) is 8.20. The number of aliphatic hydroxyl groups is 4. The first-order chi connectivity index (χ1) is 9.19. The van der Waals surface area contributed by atoms with Gasteiger partial charge >= 0.3 is 0 Å². The molecule has 4 heteroatoms. The van der Waals surface area contributed by atoms with Crippen LogP contribution in [0.3, 0.4) is 0 Å². The molecular weight excluding hydrogens is 256 g/mol. The summed E-state index contributed by atoms with van der Waals surface area (Å²) in [7, 11) is 0. The molecule has 0 saturated carbocycles. The summed E-state index contributed by atoms with van der Waals surface area (Å²) < 4.78 is 0. The summed E-state index contributed by atoms with van der Waals surface area (Å²) in [6.07, 6.45) is 1.84. The van der Waals surface area contributed by atoms with Crippen molar-refractivity contribution in [2.24, 2.45) is 17.3 Å². The molecule has 20 heavy (non-hydrogen) atoms. The fourth-order valence-corrected chi connectivity index (χ4v) is 1.95. The van der Waals surface area contributed by atoms with Gasteiger partial charge in [0, 0.05) is 18.6 Å². The van der Waals surface area contributed by atoms with E-state index in [2.05, 4.69) is 6.92 Å². The topological polar surface area (TPSA) is 80.9 Å². The maximum atomic E-state index is 9.28. The molecule has 4 nitrogen and oxygen atoms in total. The number of aliphatic hydroxyl groups excluding tert-OH is 4. The van der Waals surface area contributed by atoms with E-state index in [1.165, 1.54) is 0 Å². The van der Waals surface area contributed by atoms with Crippen molar-refractivity contribution in [3.05, 3.63) is 0 Å². The van der Waals surface area contributed by atoms with Gasteiger partial charge in [-0.1, -0.05) is 34.1 Å². The normalized spacial score (nSPS) is 20.1. The third-order valence-corrected chi connectivity index (χ3v) is 4.55. The van der Waals surface area contributed by atoms with Crippen LogP contribution in [0.25, 0.3) is 0 Å². The molecule has 0 aromatic rings. The highest BCUT2D eigenvalue weighted by molar-refractivity contribution is 4.82. The van der Waals surface area contributed by atoms with E-state index in [9.17, 15) is 10.2 Å². The predicted octanol–water partition coefficient (Wildman–Crippen LogP) is 2.19. The van der Waals surface area contributed by atoms with Gasteiger partial charge in [0.05, 0.1) is 12.2 Å². The summed E-state index contributed by atoms with van der Waals surface area (Å²) in [6, 6.07) is 0. The van der Waals surface area contributed by atoms with Gasteiger partial charge in [-0.2, -0.15) is 0 Å². The smallest absolute Gasteiger partial charge is 0.0590 e. The minimum Gasteiger partial charge on any atom is -0.396 e. The second-order valence-electron chi connectivity index (χ2n) is 6.19. The Morgan fingerprint density at radius 2 is 1.35 bits per heavy atom. The molecule has 0 heterocycles. The minimum absolute atomic E-state index is 0.233. The second-order valence-corrected chi connectivity index (χ2v) is 6.19. The van der Waals surface area contributed by atoms with E-state index >= 15 is 0 Å². The lowest BCUT2D eigenvalue weighted by Gasteiger charge is -2.34. The Morgan fingerprint density at radius 3 is 1.50 bits per heavy atom. The number of hydrogen-bond acceptors (Lipinski definition) is 4. The van der Waals surface area contributed by atoms with Gasteiger partial charge in [-0.3, -0.25) is 0 Å². The fraction of sp³-hybridized carbons (Fsp3) is 1.00. The Bertz CT molecular complexity index is 205.